The van der Waals surface area contributed by atoms with E-state index >= 15 is 0 Å². The van der Waals surface area contributed by atoms with Gasteiger partial charge in [0, 0.05) is 28.6 Å². The molecule has 1 fully saturated rings. The third-order valence-electron chi connectivity index (χ3n) is 4.75. The summed E-state index contributed by atoms with van der Waals surface area (Å²) in [7, 11) is 0. The first-order chi connectivity index (χ1) is 9.00. The zero-order valence-electron chi connectivity index (χ0n) is 11.9. The van der Waals surface area contributed by atoms with Gasteiger partial charge in [0.25, 0.3) is 0 Å². The summed E-state index contributed by atoms with van der Waals surface area (Å²) < 4.78 is 0. The van der Waals surface area contributed by atoms with Crippen molar-refractivity contribution in [3.8, 4) is 0 Å². The Labute approximate surface area is 114 Å². The van der Waals surface area contributed by atoms with Gasteiger partial charge in [0.1, 0.15) is 0 Å². The summed E-state index contributed by atoms with van der Waals surface area (Å²) in [5.41, 5.74) is 3.27. The lowest BCUT2D eigenvalue weighted by Gasteiger charge is -2.25. The molecular weight excluding hydrogens is 234 g/mol. The summed E-state index contributed by atoms with van der Waals surface area (Å²) in [6.45, 7) is 6.53. The lowest BCUT2D eigenvalue weighted by Crippen LogP contribution is -2.25. The normalized spacial score (nSPS) is 21.9. The monoisotopic (exact) mass is 255 g/mol. The number of aromatic amines is 1. The highest BCUT2D eigenvalue weighted by Crippen LogP contribution is 2.44. The number of nitrogens with one attached hydrogen (secondary N) is 1. The van der Waals surface area contributed by atoms with Crippen LogP contribution in [0.4, 0.5) is 0 Å². The largest absolute Gasteiger partial charge is 0.360 e. The minimum Gasteiger partial charge on any atom is -0.360 e. The first-order valence-corrected chi connectivity index (χ1v) is 7.11. The van der Waals surface area contributed by atoms with Gasteiger partial charge in [-0.1, -0.05) is 32.4 Å². The van der Waals surface area contributed by atoms with Crippen LogP contribution >= 0.6 is 0 Å². The first kappa shape index (κ1) is 12.5. The average Bonchev–Trinajstić information content (AvgIpc) is 2.92. The summed E-state index contributed by atoms with van der Waals surface area (Å²) in [5, 5.41) is 1.11. The fourth-order valence-electron chi connectivity index (χ4n) is 3.56. The van der Waals surface area contributed by atoms with E-state index in [1.807, 2.05) is 18.3 Å². The summed E-state index contributed by atoms with van der Waals surface area (Å²) in [6, 6.07) is 6.15. The highest BCUT2D eigenvalue weighted by atomic mass is 16.1. The van der Waals surface area contributed by atoms with E-state index in [0.29, 0.717) is 5.78 Å². The Balaban J connectivity index is 2.08. The van der Waals surface area contributed by atoms with Crippen LogP contribution in [0.15, 0.2) is 24.4 Å². The zero-order chi connectivity index (χ0) is 13.6. The number of rotatable bonds is 2. The maximum Gasteiger partial charge on any atom is 0.168 e. The number of aryl methyl sites for hydroxylation is 1. The van der Waals surface area contributed by atoms with E-state index in [-0.39, 0.29) is 11.3 Å². The molecule has 0 amide bonds. The Morgan fingerprint density at radius 1 is 1.37 bits per heavy atom. The summed E-state index contributed by atoms with van der Waals surface area (Å²) in [4.78, 5) is 16.1. The number of fused-ring (bicyclic) bond motifs is 1. The molecule has 1 atom stereocenters. The van der Waals surface area contributed by atoms with Gasteiger partial charge in [0.15, 0.2) is 5.78 Å². The van der Waals surface area contributed by atoms with Crippen molar-refractivity contribution >= 4 is 16.7 Å². The third kappa shape index (κ3) is 1.90. The average molecular weight is 255 g/mol. The van der Waals surface area contributed by atoms with Crippen LogP contribution < -0.4 is 0 Å². The SMILES string of the molecule is Cc1cccc2[nH]cc(C(=O)C3CCCC3(C)C)c12. The molecule has 1 heterocycles. The van der Waals surface area contributed by atoms with Crippen LogP contribution in [0.5, 0.6) is 0 Å². The number of aromatic nitrogens is 1. The van der Waals surface area contributed by atoms with Gasteiger partial charge in [-0.25, -0.2) is 0 Å². The molecule has 1 saturated carbocycles. The predicted molar refractivity (Wildman–Crippen MR) is 78.5 cm³/mol. The molecule has 0 bridgehead atoms. The fourth-order valence-corrected chi connectivity index (χ4v) is 3.56. The molecule has 1 unspecified atom stereocenters. The maximum absolute atomic E-state index is 12.9. The lowest BCUT2D eigenvalue weighted by atomic mass is 9.77. The standard InChI is InChI=1S/C17H21NO/c1-11-6-4-8-14-15(11)12(10-18-14)16(19)13-7-5-9-17(13,2)3/h4,6,8,10,13,18H,5,7,9H2,1-3H3. The quantitative estimate of drug-likeness (QED) is 0.788. The highest BCUT2D eigenvalue weighted by molar-refractivity contribution is 6.10. The van der Waals surface area contributed by atoms with Gasteiger partial charge in [-0.15, -0.1) is 0 Å². The molecule has 19 heavy (non-hydrogen) atoms. The summed E-state index contributed by atoms with van der Waals surface area (Å²) in [5.74, 6) is 0.495. The smallest absolute Gasteiger partial charge is 0.168 e. The van der Waals surface area contributed by atoms with E-state index in [2.05, 4.69) is 31.8 Å². The fraction of sp³-hybridized carbons (Fsp3) is 0.471. The Kier molecular flexibility index (Phi) is 2.77. The van der Waals surface area contributed by atoms with E-state index in [4.69, 9.17) is 0 Å². The molecule has 0 saturated heterocycles. The van der Waals surface area contributed by atoms with Crippen molar-refractivity contribution in [1.29, 1.82) is 0 Å². The van der Waals surface area contributed by atoms with E-state index in [0.717, 1.165) is 29.3 Å². The van der Waals surface area contributed by atoms with E-state index < -0.39 is 0 Å². The molecule has 1 aromatic carbocycles. The molecular formula is C17H21NO. The predicted octanol–water partition coefficient (Wildman–Crippen LogP) is 4.49. The minimum absolute atomic E-state index is 0.142. The molecule has 0 radical (unpaired) electrons. The molecule has 2 heteroatoms. The molecule has 1 aliphatic rings. The van der Waals surface area contributed by atoms with Crippen LogP contribution in [-0.2, 0) is 0 Å². The molecule has 2 nitrogen and oxygen atoms in total. The van der Waals surface area contributed by atoms with Crippen LogP contribution in [0, 0.1) is 18.3 Å². The molecule has 1 aromatic heterocycles. The van der Waals surface area contributed by atoms with Crippen LogP contribution in [-0.4, -0.2) is 10.8 Å². The van der Waals surface area contributed by atoms with Crippen LogP contribution in [0.1, 0.15) is 49.0 Å². The number of hydrogen-bond acceptors (Lipinski definition) is 1. The Morgan fingerprint density at radius 2 is 2.16 bits per heavy atom. The van der Waals surface area contributed by atoms with E-state index in [9.17, 15) is 4.79 Å². The van der Waals surface area contributed by atoms with E-state index in [1.54, 1.807) is 0 Å². The molecule has 1 N–H and O–H groups in total. The second-order valence-corrected chi connectivity index (χ2v) is 6.50. The van der Waals surface area contributed by atoms with Crippen molar-refractivity contribution in [2.75, 3.05) is 0 Å². The van der Waals surface area contributed by atoms with Gasteiger partial charge in [0.05, 0.1) is 0 Å². The Morgan fingerprint density at radius 3 is 2.84 bits per heavy atom. The van der Waals surface area contributed by atoms with Crippen molar-refractivity contribution in [2.45, 2.75) is 40.0 Å². The number of H-pyrrole nitrogens is 1. The van der Waals surface area contributed by atoms with Crippen molar-refractivity contribution in [3.63, 3.8) is 0 Å². The van der Waals surface area contributed by atoms with Crippen LogP contribution in [0.25, 0.3) is 10.9 Å². The molecule has 0 spiro atoms. The Bertz CT molecular complexity index is 636. The Hall–Kier alpha value is -1.57. The van der Waals surface area contributed by atoms with Crippen molar-refractivity contribution in [3.05, 3.63) is 35.5 Å². The molecule has 2 aromatic rings. The minimum atomic E-state index is 0.142. The number of Topliss-reactive ketones (excluding diaryl/α,β-unsaturated/α-hetero) is 1. The molecule has 100 valence electrons. The van der Waals surface area contributed by atoms with Crippen molar-refractivity contribution < 1.29 is 4.79 Å². The number of carbonyl (C=O) groups excluding carboxylic acids is 1. The van der Waals surface area contributed by atoms with Crippen LogP contribution in [0.2, 0.25) is 0 Å². The van der Waals surface area contributed by atoms with Gasteiger partial charge in [-0.05, 0) is 36.8 Å². The molecule has 1 aliphatic carbocycles. The van der Waals surface area contributed by atoms with Gasteiger partial charge < -0.3 is 4.98 Å². The van der Waals surface area contributed by atoms with Gasteiger partial charge in [-0.2, -0.15) is 0 Å². The first-order valence-electron chi connectivity index (χ1n) is 7.11. The number of carbonyl (C=O) groups is 1. The van der Waals surface area contributed by atoms with Gasteiger partial charge in [-0.3, -0.25) is 4.79 Å². The van der Waals surface area contributed by atoms with Crippen molar-refractivity contribution in [2.24, 2.45) is 11.3 Å². The summed E-state index contributed by atoms with van der Waals surface area (Å²) in [6.07, 6.45) is 5.26. The second-order valence-electron chi connectivity index (χ2n) is 6.50. The van der Waals surface area contributed by atoms with Gasteiger partial charge in [0.2, 0.25) is 0 Å². The maximum atomic E-state index is 12.9. The van der Waals surface area contributed by atoms with E-state index in [1.165, 1.54) is 12.0 Å². The number of benzene rings is 1. The van der Waals surface area contributed by atoms with Crippen LogP contribution in [0.3, 0.4) is 0 Å². The lowest BCUT2D eigenvalue weighted by molar-refractivity contribution is 0.0841. The van der Waals surface area contributed by atoms with Crippen molar-refractivity contribution in [1.82, 2.24) is 4.98 Å². The molecule has 0 aliphatic heterocycles. The second kappa shape index (κ2) is 4.22. The third-order valence-corrected chi connectivity index (χ3v) is 4.75. The number of hydrogen-bond donors (Lipinski definition) is 1. The highest BCUT2D eigenvalue weighted by Gasteiger charge is 2.40. The molecule has 3 rings (SSSR count). The summed E-state index contributed by atoms with van der Waals surface area (Å²) >= 11 is 0. The number of ketones is 1. The topological polar surface area (TPSA) is 32.9 Å². The van der Waals surface area contributed by atoms with Gasteiger partial charge >= 0.3 is 0 Å². The zero-order valence-corrected chi connectivity index (χ0v) is 11.9.